The molecule has 0 radical (unpaired) electrons. The molecule has 0 amide bonds. The van der Waals surface area contributed by atoms with Crippen molar-refractivity contribution in [2.45, 2.75) is 33.2 Å². The summed E-state index contributed by atoms with van der Waals surface area (Å²) < 4.78 is 7.78. The van der Waals surface area contributed by atoms with Crippen LogP contribution in [-0.2, 0) is 6.54 Å². The van der Waals surface area contributed by atoms with Crippen molar-refractivity contribution in [1.29, 1.82) is 0 Å². The van der Waals surface area contributed by atoms with Gasteiger partial charge < -0.3 is 9.30 Å². The van der Waals surface area contributed by atoms with Crippen molar-refractivity contribution in [1.82, 2.24) is 9.55 Å². The molecule has 0 aliphatic heterocycles. The van der Waals surface area contributed by atoms with Gasteiger partial charge in [-0.1, -0.05) is 13.3 Å². The second kappa shape index (κ2) is 6.24. The summed E-state index contributed by atoms with van der Waals surface area (Å²) in [4.78, 5) is 4.18. The molecule has 0 saturated carbocycles. The summed E-state index contributed by atoms with van der Waals surface area (Å²) in [6, 6.07) is 8.23. The Hall–Kier alpha value is -1.77. The Balaban J connectivity index is 2.07. The maximum Gasteiger partial charge on any atom is 0.119 e. The van der Waals surface area contributed by atoms with Crippen LogP contribution in [-0.4, -0.2) is 16.2 Å². The van der Waals surface area contributed by atoms with Crippen LogP contribution in [0.4, 0.5) is 0 Å². The smallest absolute Gasteiger partial charge is 0.119 e. The van der Waals surface area contributed by atoms with E-state index < -0.39 is 0 Å². The summed E-state index contributed by atoms with van der Waals surface area (Å²) in [5, 5.41) is 0. The fourth-order valence-corrected chi connectivity index (χ4v) is 1.87. The van der Waals surface area contributed by atoms with Gasteiger partial charge in [0.05, 0.1) is 24.8 Å². The first kappa shape index (κ1) is 12.7. The lowest BCUT2D eigenvalue weighted by Gasteiger charge is -2.08. The molecular formula is C15H20N2O. The van der Waals surface area contributed by atoms with E-state index in [9.17, 15) is 0 Å². The zero-order valence-corrected chi connectivity index (χ0v) is 11.1. The molecular weight excluding hydrogens is 224 g/mol. The Morgan fingerprint density at radius 1 is 1.17 bits per heavy atom. The van der Waals surface area contributed by atoms with E-state index in [1.54, 1.807) is 0 Å². The van der Waals surface area contributed by atoms with Gasteiger partial charge in [0.2, 0.25) is 0 Å². The Morgan fingerprint density at radius 3 is 2.61 bits per heavy atom. The fraction of sp³-hybridized carbons (Fsp3) is 0.400. The lowest BCUT2D eigenvalue weighted by Crippen LogP contribution is -1.97. The summed E-state index contributed by atoms with van der Waals surface area (Å²) >= 11 is 0. The molecule has 1 aromatic heterocycles. The molecule has 1 aromatic carbocycles. The van der Waals surface area contributed by atoms with E-state index in [0.29, 0.717) is 0 Å². The number of hydrogen-bond donors (Lipinski definition) is 0. The van der Waals surface area contributed by atoms with Crippen LogP contribution in [0.2, 0.25) is 0 Å². The average Bonchev–Trinajstić information content (AvgIpc) is 2.88. The number of rotatable bonds is 6. The number of nitrogens with zero attached hydrogens (tertiary/aromatic N) is 2. The third kappa shape index (κ3) is 2.92. The maximum absolute atomic E-state index is 5.65. The van der Waals surface area contributed by atoms with Crippen molar-refractivity contribution < 1.29 is 4.74 Å². The third-order valence-electron chi connectivity index (χ3n) is 2.97. The summed E-state index contributed by atoms with van der Waals surface area (Å²) in [5.41, 5.74) is 2.33. The second-order valence-electron chi connectivity index (χ2n) is 4.29. The number of imidazole rings is 1. The van der Waals surface area contributed by atoms with Gasteiger partial charge in [-0.15, -0.1) is 0 Å². The van der Waals surface area contributed by atoms with Crippen LogP contribution in [0.15, 0.2) is 36.8 Å². The molecule has 1 heterocycles. The third-order valence-corrected chi connectivity index (χ3v) is 2.97. The van der Waals surface area contributed by atoms with E-state index in [0.717, 1.165) is 37.4 Å². The van der Waals surface area contributed by atoms with E-state index in [2.05, 4.69) is 35.5 Å². The molecule has 0 spiro atoms. The highest BCUT2D eigenvalue weighted by Gasteiger charge is 2.03. The molecule has 0 fully saturated rings. The average molecular weight is 244 g/mol. The quantitative estimate of drug-likeness (QED) is 0.724. The molecule has 0 unspecified atom stereocenters. The largest absolute Gasteiger partial charge is 0.494 e. The van der Waals surface area contributed by atoms with Crippen molar-refractivity contribution in [3.63, 3.8) is 0 Å². The highest BCUT2D eigenvalue weighted by Crippen LogP contribution is 2.22. The molecule has 0 N–H and O–H groups in total. The normalized spacial score (nSPS) is 10.6. The van der Waals surface area contributed by atoms with E-state index in [1.165, 1.54) is 5.56 Å². The SMILES string of the molecule is CCCCOc1ccc(-c2cncn2CC)cc1. The number of unbranched alkanes of at least 4 members (excludes halogenated alkanes) is 1. The zero-order chi connectivity index (χ0) is 12.8. The van der Waals surface area contributed by atoms with Crippen molar-refractivity contribution in [3.8, 4) is 17.0 Å². The first-order valence-electron chi connectivity index (χ1n) is 6.58. The second-order valence-corrected chi connectivity index (χ2v) is 4.29. The van der Waals surface area contributed by atoms with Crippen LogP contribution in [0.3, 0.4) is 0 Å². The van der Waals surface area contributed by atoms with Crippen LogP contribution >= 0.6 is 0 Å². The first-order chi connectivity index (χ1) is 8.85. The van der Waals surface area contributed by atoms with Crippen LogP contribution < -0.4 is 4.74 Å². The van der Waals surface area contributed by atoms with Gasteiger partial charge in [-0.3, -0.25) is 0 Å². The standard InChI is InChI=1S/C15H20N2O/c1-3-5-10-18-14-8-6-13(7-9-14)15-11-16-12-17(15)4-2/h6-9,11-12H,3-5,10H2,1-2H3. The van der Waals surface area contributed by atoms with Crippen LogP contribution in [0.25, 0.3) is 11.3 Å². The highest BCUT2D eigenvalue weighted by molar-refractivity contribution is 5.59. The fourth-order valence-electron chi connectivity index (χ4n) is 1.87. The topological polar surface area (TPSA) is 27.1 Å². The Bertz CT molecular complexity index is 473. The molecule has 3 heteroatoms. The maximum atomic E-state index is 5.65. The Kier molecular flexibility index (Phi) is 4.40. The number of aromatic nitrogens is 2. The Labute approximate surface area is 108 Å². The molecule has 2 aromatic rings. The predicted molar refractivity (Wildman–Crippen MR) is 73.7 cm³/mol. The number of benzene rings is 1. The molecule has 0 aliphatic rings. The van der Waals surface area contributed by atoms with E-state index in [4.69, 9.17) is 4.74 Å². The lowest BCUT2D eigenvalue weighted by molar-refractivity contribution is 0.309. The van der Waals surface area contributed by atoms with Crippen LogP contribution in [0.5, 0.6) is 5.75 Å². The van der Waals surface area contributed by atoms with Gasteiger partial charge in [0.1, 0.15) is 5.75 Å². The highest BCUT2D eigenvalue weighted by atomic mass is 16.5. The van der Waals surface area contributed by atoms with Gasteiger partial charge in [0, 0.05) is 12.1 Å². The van der Waals surface area contributed by atoms with Gasteiger partial charge in [-0.2, -0.15) is 0 Å². The number of hydrogen-bond acceptors (Lipinski definition) is 2. The zero-order valence-electron chi connectivity index (χ0n) is 11.1. The molecule has 96 valence electrons. The molecule has 0 atom stereocenters. The van der Waals surface area contributed by atoms with Gasteiger partial charge in [-0.25, -0.2) is 4.98 Å². The summed E-state index contributed by atoms with van der Waals surface area (Å²) in [6.07, 6.45) is 6.02. The predicted octanol–water partition coefficient (Wildman–Crippen LogP) is 3.75. The van der Waals surface area contributed by atoms with Gasteiger partial charge in [-0.05, 0) is 37.6 Å². The van der Waals surface area contributed by atoms with E-state index in [1.807, 2.05) is 24.7 Å². The summed E-state index contributed by atoms with van der Waals surface area (Å²) in [6.45, 7) is 6.01. The molecule has 18 heavy (non-hydrogen) atoms. The monoisotopic (exact) mass is 244 g/mol. The summed E-state index contributed by atoms with van der Waals surface area (Å²) in [7, 11) is 0. The molecule has 3 nitrogen and oxygen atoms in total. The van der Waals surface area contributed by atoms with Crippen molar-refractivity contribution >= 4 is 0 Å². The molecule has 0 saturated heterocycles. The molecule has 0 bridgehead atoms. The Morgan fingerprint density at radius 2 is 1.94 bits per heavy atom. The molecule has 0 aliphatic carbocycles. The van der Waals surface area contributed by atoms with Gasteiger partial charge >= 0.3 is 0 Å². The van der Waals surface area contributed by atoms with Crippen molar-refractivity contribution in [2.24, 2.45) is 0 Å². The van der Waals surface area contributed by atoms with E-state index in [-0.39, 0.29) is 0 Å². The summed E-state index contributed by atoms with van der Waals surface area (Å²) in [5.74, 6) is 0.940. The minimum atomic E-state index is 0.794. The number of aryl methyl sites for hydroxylation is 1. The minimum Gasteiger partial charge on any atom is -0.494 e. The van der Waals surface area contributed by atoms with Crippen LogP contribution in [0.1, 0.15) is 26.7 Å². The van der Waals surface area contributed by atoms with Gasteiger partial charge in [0.25, 0.3) is 0 Å². The minimum absolute atomic E-state index is 0.794. The first-order valence-corrected chi connectivity index (χ1v) is 6.58. The van der Waals surface area contributed by atoms with Crippen molar-refractivity contribution in [2.75, 3.05) is 6.61 Å². The van der Waals surface area contributed by atoms with Crippen LogP contribution in [0, 0.1) is 0 Å². The number of ether oxygens (including phenoxy) is 1. The van der Waals surface area contributed by atoms with E-state index >= 15 is 0 Å². The lowest BCUT2D eigenvalue weighted by atomic mass is 10.1. The molecule has 2 rings (SSSR count). The van der Waals surface area contributed by atoms with Gasteiger partial charge in [0.15, 0.2) is 0 Å². The van der Waals surface area contributed by atoms with Crippen molar-refractivity contribution in [3.05, 3.63) is 36.8 Å².